The van der Waals surface area contributed by atoms with Crippen molar-refractivity contribution < 1.29 is 4.74 Å². The first-order valence-corrected chi connectivity index (χ1v) is 7.92. The summed E-state index contributed by atoms with van der Waals surface area (Å²) >= 11 is 3.58. The molecule has 0 bridgehead atoms. The van der Waals surface area contributed by atoms with Crippen LogP contribution in [0.15, 0.2) is 34.0 Å². The predicted octanol–water partition coefficient (Wildman–Crippen LogP) is 4.71. The molecule has 0 amide bonds. The topological polar surface area (TPSA) is 22.1 Å². The van der Waals surface area contributed by atoms with Crippen LogP contribution in [-0.2, 0) is 0 Å². The Morgan fingerprint density at radius 2 is 2.06 bits per heavy atom. The second-order valence-corrected chi connectivity index (χ2v) is 6.13. The van der Waals surface area contributed by atoms with Gasteiger partial charge in [0.05, 0.1) is 12.8 Å². The van der Waals surface area contributed by atoms with Crippen LogP contribution in [0.1, 0.15) is 19.8 Å². The molecule has 0 aliphatic carbocycles. The standard InChI is InChI=1S/C14H17NOS2/c1-3-4-9-17-14-15-13(10-18-14)11-5-7-12(16-2)8-6-11/h5-8,10H,3-4,9H2,1-2H3. The predicted molar refractivity (Wildman–Crippen MR) is 79.7 cm³/mol. The summed E-state index contributed by atoms with van der Waals surface area (Å²) in [5.74, 6) is 2.04. The fourth-order valence-corrected chi connectivity index (χ4v) is 3.51. The molecule has 0 unspecified atom stereocenters. The van der Waals surface area contributed by atoms with Crippen molar-refractivity contribution in [2.45, 2.75) is 24.1 Å². The van der Waals surface area contributed by atoms with Gasteiger partial charge >= 0.3 is 0 Å². The number of thioether (sulfide) groups is 1. The normalized spacial score (nSPS) is 10.6. The highest BCUT2D eigenvalue weighted by Gasteiger charge is 2.05. The second-order valence-electron chi connectivity index (χ2n) is 3.93. The lowest BCUT2D eigenvalue weighted by molar-refractivity contribution is 0.415. The van der Waals surface area contributed by atoms with Gasteiger partial charge in [-0.1, -0.05) is 25.1 Å². The largest absolute Gasteiger partial charge is 0.497 e. The van der Waals surface area contributed by atoms with Crippen molar-refractivity contribution in [2.75, 3.05) is 12.9 Å². The van der Waals surface area contributed by atoms with Gasteiger partial charge in [0.1, 0.15) is 5.75 Å². The Kier molecular flexibility index (Phi) is 5.08. The number of nitrogens with zero attached hydrogens (tertiary/aromatic N) is 1. The van der Waals surface area contributed by atoms with Crippen molar-refractivity contribution >= 4 is 23.1 Å². The molecule has 2 rings (SSSR count). The molecule has 0 fully saturated rings. The van der Waals surface area contributed by atoms with E-state index in [4.69, 9.17) is 4.74 Å². The molecule has 0 radical (unpaired) electrons. The van der Waals surface area contributed by atoms with Crippen LogP contribution in [-0.4, -0.2) is 17.8 Å². The molecule has 0 spiro atoms. The molecule has 1 aromatic heterocycles. The summed E-state index contributed by atoms with van der Waals surface area (Å²) < 4.78 is 6.32. The molecule has 0 saturated carbocycles. The first kappa shape index (κ1) is 13.4. The number of unbranched alkanes of at least 4 members (excludes halogenated alkanes) is 1. The van der Waals surface area contributed by atoms with Crippen LogP contribution in [0.4, 0.5) is 0 Å². The van der Waals surface area contributed by atoms with Crippen LogP contribution in [0, 0.1) is 0 Å². The molecule has 2 aromatic rings. The lowest BCUT2D eigenvalue weighted by atomic mass is 10.2. The summed E-state index contributed by atoms with van der Waals surface area (Å²) in [5.41, 5.74) is 2.20. The van der Waals surface area contributed by atoms with Gasteiger partial charge in [-0.05, 0) is 30.7 Å². The highest BCUT2D eigenvalue weighted by molar-refractivity contribution is 8.01. The van der Waals surface area contributed by atoms with Gasteiger partial charge in [0.2, 0.25) is 0 Å². The number of aromatic nitrogens is 1. The van der Waals surface area contributed by atoms with Crippen LogP contribution >= 0.6 is 23.1 Å². The molecule has 0 N–H and O–H groups in total. The van der Waals surface area contributed by atoms with Gasteiger partial charge in [0.15, 0.2) is 4.34 Å². The third-order valence-corrected chi connectivity index (χ3v) is 4.70. The second kappa shape index (κ2) is 6.81. The third-order valence-electron chi connectivity index (χ3n) is 2.59. The fourth-order valence-electron chi connectivity index (χ4n) is 1.52. The summed E-state index contributed by atoms with van der Waals surface area (Å²) in [6, 6.07) is 8.04. The van der Waals surface area contributed by atoms with Crippen molar-refractivity contribution in [1.29, 1.82) is 0 Å². The zero-order valence-electron chi connectivity index (χ0n) is 10.7. The van der Waals surface area contributed by atoms with Gasteiger partial charge in [0.25, 0.3) is 0 Å². The van der Waals surface area contributed by atoms with Crippen LogP contribution < -0.4 is 4.74 Å². The summed E-state index contributed by atoms with van der Waals surface area (Å²) in [4.78, 5) is 4.65. The summed E-state index contributed by atoms with van der Waals surface area (Å²) in [6.45, 7) is 2.21. The first-order chi connectivity index (χ1) is 8.83. The zero-order valence-corrected chi connectivity index (χ0v) is 12.3. The maximum Gasteiger partial charge on any atom is 0.150 e. The van der Waals surface area contributed by atoms with Gasteiger partial charge in [-0.25, -0.2) is 4.98 Å². The van der Waals surface area contributed by atoms with Gasteiger partial charge in [-0.15, -0.1) is 11.3 Å². The molecule has 96 valence electrons. The Balaban J connectivity index is 2.04. The van der Waals surface area contributed by atoms with E-state index in [1.54, 1.807) is 18.4 Å². The number of methoxy groups -OCH3 is 1. The van der Waals surface area contributed by atoms with Crippen molar-refractivity contribution in [3.63, 3.8) is 0 Å². The summed E-state index contributed by atoms with van der Waals surface area (Å²) in [6.07, 6.45) is 2.49. The number of hydrogen-bond acceptors (Lipinski definition) is 4. The van der Waals surface area contributed by atoms with Crippen LogP contribution in [0.5, 0.6) is 5.75 Å². The minimum atomic E-state index is 0.881. The minimum Gasteiger partial charge on any atom is -0.497 e. The van der Waals surface area contributed by atoms with E-state index in [1.165, 1.54) is 12.8 Å². The number of ether oxygens (including phenoxy) is 1. The van der Waals surface area contributed by atoms with E-state index in [9.17, 15) is 0 Å². The van der Waals surface area contributed by atoms with E-state index in [-0.39, 0.29) is 0 Å². The maximum absolute atomic E-state index is 5.15. The summed E-state index contributed by atoms with van der Waals surface area (Å²) in [5, 5.41) is 2.12. The van der Waals surface area contributed by atoms with Crippen molar-refractivity contribution in [3.05, 3.63) is 29.6 Å². The van der Waals surface area contributed by atoms with Crippen molar-refractivity contribution in [2.24, 2.45) is 0 Å². The Morgan fingerprint density at radius 3 is 2.72 bits per heavy atom. The number of benzene rings is 1. The molecular formula is C14H17NOS2. The molecule has 2 nitrogen and oxygen atoms in total. The molecule has 1 heterocycles. The average Bonchev–Trinajstić information content (AvgIpc) is 2.88. The van der Waals surface area contributed by atoms with Crippen molar-refractivity contribution in [1.82, 2.24) is 4.98 Å². The highest BCUT2D eigenvalue weighted by Crippen LogP contribution is 2.29. The van der Waals surface area contributed by atoms with E-state index in [2.05, 4.69) is 17.3 Å². The smallest absolute Gasteiger partial charge is 0.150 e. The zero-order chi connectivity index (χ0) is 12.8. The van der Waals surface area contributed by atoms with E-state index in [0.29, 0.717) is 0 Å². The number of rotatable bonds is 6. The SMILES string of the molecule is CCCCSc1nc(-c2ccc(OC)cc2)cs1. The van der Waals surface area contributed by atoms with E-state index < -0.39 is 0 Å². The molecule has 18 heavy (non-hydrogen) atoms. The lowest BCUT2D eigenvalue weighted by Gasteiger charge is -2.00. The van der Waals surface area contributed by atoms with Crippen molar-refractivity contribution in [3.8, 4) is 17.0 Å². The van der Waals surface area contributed by atoms with Gasteiger partial charge < -0.3 is 4.74 Å². The molecule has 4 heteroatoms. The molecule has 0 saturated heterocycles. The molecule has 0 atom stereocenters. The lowest BCUT2D eigenvalue weighted by Crippen LogP contribution is -1.83. The van der Waals surface area contributed by atoms with Crippen LogP contribution in [0.3, 0.4) is 0 Å². The monoisotopic (exact) mass is 279 g/mol. The Labute approximate surface area is 116 Å². The Hall–Kier alpha value is -1.00. The highest BCUT2D eigenvalue weighted by atomic mass is 32.2. The number of thiazole rings is 1. The molecule has 1 aromatic carbocycles. The minimum absolute atomic E-state index is 0.881. The molecule has 0 aliphatic rings. The van der Waals surface area contributed by atoms with Crippen LogP contribution in [0.25, 0.3) is 11.3 Å². The maximum atomic E-state index is 5.15. The fraction of sp³-hybridized carbons (Fsp3) is 0.357. The van der Waals surface area contributed by atoms with Crippen LogP contribution in [0.2, 0.25) is 0 Å². The first-order valence-electron chi connectivity index (χ1n) is 6.06. The van der Waals surface area contributed by atoms with Gasteiger partial charge in [0, 0.05) is 16.7 Å². The van der Waals surface area contributed by atoms with Gasteiger partial charge in [-0.2, -0.15) is 0 Å². The molecule has 0 aliphatic heterocycles. The quantitative estimate of drug-likeness (QED) is 0.564. The number of hydrogen-bond donors (Lipinski definition) is 0. The Morgan fingerprint density at radius 1 is 1.28 bits per heavy atom. The molecular weight excluding hydrogens is 262 g/mol. The third kappa shape index (κ3) is 3.50. The summed E-state index contributed by atoms with van der Waals surface area (Å²) in [7, 11) is 1.68. The Bertz CT molecular complexity index is 479. The van der Waals surface area contributed by atoms with Gasteiger partial charge in [-0.3, -0.25) is 0 Å². The van der Waals surface area contributed by atoms with E-state index in [0.717, 1.165) is 27.1 Å². The van der Waals surface area contributed by atoms with E-state index >= 15 is 0 Å². The average molecular weight is 279 g/mol. The van der Waals surface area contributed by atoms with E-state index in [1.807, 2.05) is 36.0 Å².